The maximum Gasteiger partial charge on any atom is 0.319 e. The Balaban J connectivity index is 4.73. The van der Waals surface area contributed by atoms with Crippen molar-refractivity contribution in [3.63, 3.8) is 0 Å². The Bertz CT molecular complexity index is 226. The van der Waals surface area contributed by atoms with Gasteiger partial charge in [0.05, 0.1) is 5.60 Å². The molecule has 1 N–H and O–H groups in total. The van der Waals surface area contributed by atoms with E-state index in [1.165, 1.54) is 11.8 Å². The molecule has 15 heavy (non-hydrogen) atoms. The fourth-order valence-corrected chi connectivity index (χ4v) is 3.14. The highest BCUT2D eigenvalue weighted by Crippen LogP contribution is 2.37. The highest BCUT2D eigenvalue weighted by atomic mass is 32.2. The van der Waals surface area contributed by atoms with Crippen molar-refractivity contribution < 1.29 is 14.6 Å². The molecule has 90 valence electrons. The molecule has 0 aliphatic heterocycles. The minimum Gasteiger partial charge on any atom is -0.480 e. The predicted octanol–water partition coefficient (Wildman–Crippen LogP) is 2.79. The van der Waals surface area contributed by atoms with Crippen LogP contribution in [0.15, 0.2) is 0 Å². The van der Waals surface area contributed by atoms with Crippen LogP contribution in [0.4, 0.5) is 0 Å². The quantitative estimate of drug-likeness (QED) is 0.767. The molecular formula is C11H22O3S. The first kappa shape index (κ1) is 14.8. The van der Waals surface area contributed by atoms with Gasteiger partial charge in [-0.3, -0.25) is 4.79 Å². The Morgan fingerprint density at radius 2 is 1.87 bits per heavy atom. The molecule has 0 fully saturated rings. The summed E-state index contributed by atoms with van der Waals surface area (Å²) >= 11 is 1.47. The summed E-state index contributed by atoms with van der Waals surface area (Å²) in [4.78, 5) is 11.3. The van der Waals surface area contributed by atoms with Crippen LogP contribution >= 0.6 is 11.8 Å². The van der Waals surface area contributed by atoms with Gasteiger partial charge in [-0.1, -0.05) is 13.8 Å². The summed E-state index contributed by atoms with van der Waals surface area (Å²) in [6, 6.07) is 0. The lowest BCUT2D eigenvalue weighted by Gasteiger charge is -2.34. The van der Waals surface area contributed by atoms with Crippen LogP contribution in [0, 0.1) is 0 Å². The first-order valence-corrected chi connectivity index (χ1v) is 5.97. The Morgan fingerprint density at radius 1 is 1.40 bits per heavy atom. The SMILES string of the molecule is COC(C)(C)CC(C)(SC(C)C)C(=O)O. The Labute approximate surface area is 96.6 Å². The third kappa shape index (κ3) is 4.89. The molecule has 0 heterocycles. The number of rotatable bonds is 6. The lowest BCUT2D eigenvalue weighted by atomic mass is 9.94. The van der Waals surface area contributed by atoms with E-state index in [1.807, 2.05) is 27.7 Å². The van der Waals surface area contributed by atoms with Crippen LogP contribution in [0.1, 0.15) is 41.0 Å². The van der Waals surface area contributed by atoms with Gasteiger partial charge < -0.3 is 9.84 Å². The molecule has 4 heteroatoms. The van der Waals surface area contributed by atoms with E-state index in [2.05, 4.69) is 0 Å². The number of carboxylic acid groups (broad SMARTS) is 1. The van der Waals surface area contributed by atoms with Gasteiger partial charge in [0.25, 0.3) is 0 Å². The molecule has 0 aliphatic carbocycles. The summed E-state index contributed by atoms with van der Waals surface area (Å²) in [6.07, 6.45) is 0.495. The van der Waals surface area contributed by atoms with E-state index in [1.54, 1.807) is 14.0 Å². The molecule has 0 aromatic carbocycles. The van der Waals surface area contributed by atoms with E-state index < -0.39 is 16.3 Å². The summed E-state index contributed by atoms with van der Waals surface area (Å²) in [6.45, 7) is 9.60. The zero-order valence-corrected chi connectivity index (χ0v) is 11.3. The van der Waals surface area contributed by atoms with Crippen molar-refractivity contribution in [2.45, 2.75) is 56.6 Å². The van der Waals surface area contributed by atoms with E-state index >= 15 is 0 Å². The molecule has 0 bridgehead atoms. The van der Waals surface area contributed by atoms with Crippen LogP contribution in [0.3, 0.4) is 0 Å². The molecule has 0 radical (unpaired) electrons. The van der Waals surface area contributed by atoms with E-state index in [9.17, 15) is 9.90 Å². The molecule has 0 aliphatic rings. The molecular weight excluding hydrogens is 212 g/mol. The largest absolute Gasteiger partial charge is 0.480 e. The normalized spacial score (nSPS) is 16.5. The predicted molar refractivity (Wildman–Crippen MR) is 64.5 cm³/mol. The molecule has 1 unspecified atom stereocenters. The van der Waals surface area contributed by atoms with Crippen LogP contribution in [-0.2, 0) is 9.53 Å². The van der Waals surface area contributed by atoms with Crippen LogP contribution in [0.5, 0.6) is 0 Å². The topological polar surface area (TPSA) is 46.5 Å². The minimum absolute atomic E-state index is 0.291. The second kappa shape index (κ2) is 5.21. The van der Waals surface area contributed by atoms with Gasteiger partial charge in [0.2, 0.25) is 0 Å². The van der Waals surface area contributed by atoms with Crippen molar-refractivity contribution in [2.24, 2.45) is 0 Å². The molecule has 0 rings (SSSR count). The molecule has 3 nitrogen and oxygen atoms in total. The Kier molecular flexibility index (Phi) is 5.14. The number of ether oxygens (including phenoxy) is 1. The van der Waals surface area contributed by atoms with Crippen molar-refractivity contribution in [2.75, 3.05) is 7.11 Å². The number of hydrogen-bond donors (Lipinski definition) is 1. The van der Waals surface area contributed by atoms with E-state index in [4.69, 9.17) is 4.74 Å². The van der Waals surface area contributed by atoms with Crippen LogP contribution in [0.2, 0.25) is 0 Å². The standard InChI is InChI=1S/C11H22O3S/c1-8(2)15-11(5,9(12)13)7-10(3,4)14-6/h8H,7H2,1-6H3,(H,12,13). The Hall–Kier alpha value is -0.220. The molecule has 0 amide bonds. The summed E-state index contributed by atoms with van der Waals surface area (Å²) in [5, 5.41) is 9.55. The van der Waals surface area contributed by atoms with Crippen molar-refractivity contribution in [1.82, 2.24) is 0 Å². The molecule has 0 spiro atoms. The van der Waals surface area contributed by atoms with Crippen molar-refractivity contribution in [1.29, 1.82) is 0 Å². The first-order valence-electron chi connectivity index (χ1n) is 5.09. The number of methoxy groups -OCH3 is 1. The van der Waals surface area contributed by atoms with Crippen molar-refractivity contribution in [3.05, 3.63) is 0 Å². The molecule has 1 atom stereocenters. The third-order valence-corrected chi connectivity index (χ3v) is 3.57. The lowest BCUT2D eigenvalue weighted by Crippen LogP contribution is -2.41. The summed E-state index contributed by atoms with van der Waals surface area (Å²) in [5.74, 6) is -0.772. The zero-order valence-electron chi connectivity index (χ0n) is 10.5. The van der Waals surface area contributed by atoms with Gasteiger partial charge in [-0.25, -0.2) is 0 Å². The highest BCUT2D eigenvalue weighted by molar-refractivity contribution is 8.01. The lowest BCUT2D eigenvalue weighted by molar-refractivity contribution is -0.141. The van der Waals surface area contributed by atoms with Crippen LogP contribution in [-0.4, -0.2) is 33.8 Å². The smallest absolute Gasteiger partial charge is 0.319 e. The number of aliphatic carboxylic acids is 1. The van der Waals surface area contributed by atoms with Crippen LogP contribution in [0.25, 0.3) is 0 Å². The minimum atomic E-state index is -0.784. The average Bonchev–Trinajstić information content (AvgIpc) is 2.01. The van der Waals surface area contributed by atoms with Gasteiger partial charge in [0, 0.05) is 18.8 Å². The second-order valence-electron chi connectivity index (χ2n) is 4.84. The summed E-state index contributed by atoms with van der Waals surface area (Å²) in [5.41, 5.74) is -0.408. The molecule has 0 saturated carbocycles. The number of thioether (sulfide) groups is 1. The second-order valence-corrected chi connectivity index (χ2v) is 6.92. The zero-order chi connectivity index (χ0) is 12.3. The Morgan fingerprint density at radius 3 is 2.13 bits per heavy atom. The van der Waals surface area contributed by atoms with Gasteiger partial charge in [-0.15, -0.1) is 11.8 Å². The van der Waals surface area contributed by atoms with Gasteiger partial charge in [0.1, 0.15) is 4.75 Å². The number of carboxylic acids is 1. The van der Waals surface area contributed by atoms with E-state index in [0.29, 0.717) is 11.7 Å². The maximum atomic E-state index is 11.3. The maximum absolute atomic E-state index is 11.3. The fourth-order valence-electron chi connectivity index (χ4n) is 1.57. The van der Waals surface area contributed by atoms with Gasteiger partial charge in [0.15, 0.2) is 0 Å². The fraction of sp³-hybridized carbons (Fsp3) is 0.909. The first-order chi connectivity index (χ1) is 6.63. The molecule has 0 aromatic rings. The number of hydrogen-bond acceptors (Lipinski definition) is 3. The monoisotopic (exact) mass is 234 g/mol. The summed E-state index contributed by atoms with van der Waals surface area (Å²) < 4.78 is 4.50. The average molecular weight is 234 g/mol. The van der Waals surface area contributed by atoms with E-state index in [-0.39, 0.29) is 0 Å². The number of carbonyl (C=O) groups is 1. The summed E-state index contributed by atoms with van der Waals surface area (Å²) in [7, 11) is 1.61. The molecule has 0 saturated heterocycles. The van der Waals surface area contributed by atoms with Gasteiger partial charge in [-0.2, -0.15) is 0 Å². The van der Waals surface area contributed by atoms with E-state index in [0.717, 1.165) is 0 Å². The van der Waals surface area contributed by atoms with Crippen molar-refractivity contribution >= 4 is 17.7 Å². The highest BCUT2D eigenvalue weighted by Gasteiger charge is 2.40. The molecule has 0 aromatic heterocycles. The van der Waals surface area contributed by atoms with Crippen LogP contribution < -0.4 is 0 Å². The van der Waals surface area contributed by atoms with Gasteiger partial charge in [-0.05, 0) is 20.8 Å². The third-order valence-electron chi connectivity index (χ3n) is 2.26. The van der Waals surface area contributed by atoms with Crippen molar-refractivity contribution in [3.8, 4) is 0 Å². The van der Waals surface area contributed by atoms with Gasteiger partial charge >= 0.3 is 5.97 Å².